The van der Waals surface area contributed by atoms with E-state index in [4.69, 9.17) is 0 Å². The van der Waals surface area contributed by atoms with Gasteiger partial charge in [-0.2, -0.15) is 13.2 Å². The normalized spacial score (nSPS) is 47.6. The van der Waals surface area contributed by atoms with Crippen LogP contribution in [0.25, 0.3) is 0 Å². The van der Waals surface area contributed by atoms with Crippen molar-refractivity contribution >= 4 is 5.97 Å². The van der Waals surface area contributed by atoms with Crippen molar-refractivity contribution in [1.29, 1.82) is 0 Å². The molecule has 4 aliphatic rings. The average Bonchev–Trinajstić information content (AvgIpc) is 2.18. The van der Waals surface area contributed by atoms with Gasteiger partial charge in [-0.15, -0.1) is 0 Å². The van der Waals surface area contributed by atoms with Gasteiger partial charge in [-0.25, -0.2) is 8.78 Å². The number of halogens is 5. The first-order chi connectivity index (χ1) is 9.53. The third-order valence-electron chi connectivity index (χ3n) is 6.56. The number of carbonyl (C=O) groups is 1. The molecule has 0 N–H and O–H groups in total. The molecule has 0 aromatic heterocycles. The lowest BCUT2D eigenvalue weighted by Gasteiger charge is -2.89. The Morgan fingerprint density at radius 2 is 1.62 bits per heavy atom. The largest absolute Gasteiger partial charge is 0.446 e. The molecule has 21 heavy (non-hydrogen) atoms. The van der Waals surface area contributed by atoms with Crippen LogP contribution in [0.15, 0.2) is 0 Å². The van der Waals surface area contributed by atoms with Gasteiger partial charge in [0.25, 0.3) is 12.0 Å². The topological polar surface area (TPSA) is 26.3 Å². The molecule has 1 spiro atoms. The first-order valence-corrected chi connectivity index (χ1v) is 7.19. The van der Waals surface area contributed by atoms with Crippen molar-refractivity contribution in [2.24, 2.45) is 28.6 Å². The summed E-state index contributed by atoms with van der Waals surface area (Å²) in [7, 11) is 0. The smallest absolute Gasteiger partial charge is 0.431 e. The molecule has 0 radical (unpaired) electrons. The van der Waals surface area contributed by atoms with Crippen LogP contribution in [-0.2, 0) is 9.53 Å². The summed E-state index contributed by atoms with van der Waals surface area (Å²) in [6.45, 7) is 0.136. The summed E-state index contributed by atoms with van der Waals surface area (Å²) >= 11 is 0. The van der Waals surface area contributed by atoms with Gasteiger partial charge in [0.15, 0.2) is 0 Å². The van der Waals surface area contributed by atoms with E-state index in [-0.39, 0.29) is 12.3 Å². The fourth-order valence-electron chi connectivity index (χ4n) is 5.96. The molecule has 0 saturated heterocycles. The lowest BCUT2D eigenvalue weighted by atomic mass is 9.13. The third-order valence-corrected chi connectivity index (χ3v) is 6.56. The number of ether oxygens (including phenoxy) is 1. The summed E-state index contributed by atoms with van der Waals surface area (Å²) in [5.41, 5.74) is -1.07. The minimum atomic E-state index is -5.26. The van der Waals surface area contributed by atoms with Crippen molar-refractivity contribution in [3.63, 3.8) is 0 Å². The van der Waals surface area contributed by atoms with Crippen LogP contribution < -0.4 is 0 Å². The van der Waals surface area contributed by atoms with E-state index < -0.39 is 29.6 Å². The molecule has 0 aromatic carbocycles. The van der Waals surface area contributed by atoms with Crippen molar-refractivity contribution in [3.05, 3.63) is 0 Å². The van der Waals surface area contributed by atoms with Crippen LogP contribution in [-0.4, -0.2) is 24.2 Å². The van der Waals surface area contributed by atoms with Gasteiger partial charge in [-0.1, -0.05) is 0 Å². The second-order valence-electron chi connectivity index (χ2n) is 7.27. The van der Waals surface area contributed by atoms with Gasteiger partial charge < -0.3 is 4.74 Å². The number of alkyl halides is 5. The number of carbonyl (C=O) groups excluding carboxylic acids is 1. The molecule has 4 aliphatic carbocycles. The van der Waals surface area contributed by atoms with Crippen molar-refractivity contribution < 1.29 is 31.5 Å². The number of hydrogen-bond acceptors (Lipinski definition) is 2. The van der Waals surface area contributed by atoms with E-state index >= 15 is 0 Å². The Morgan fingerprint density at radius 3 is 1.95 bits per heavy atom. The molecule has 118 valence electrons. The van der Waals surface area contributed by atoms with Crippen molar-refractivity contribution in [2.75, 3.05) is 0 Å². The molecular formula is C14H15F5O2. The molecule has 4 fully saturated rings. The Bertz CT molecular complexity index is 481. The highest BCUT2D eigenvalue weighted by Gasteiger charge is 2.90. The zero-order chi connectivity index (χ0) is 15.4. The molecule has 0 aliphatic heterocycles. The monoisotopic (exact) mass is 310 g/mol. The summed E-state index contributed by atoms with van der Waals surface area (Å²) in [6, 6.07) is 0. The Morgan fingerprint density at radius 1 is 1.10 bits per heavy atom. The van der Waals surface area contributed by atoms with Gasteiger partial charge in [0, 0.05) is 6.92 Å². The van der Waals surface area contributed by atoms with Crippen molar-refractivity contribution in [2.45, 2.75) is 50.8 Å². The predicted molar refractivity (Wildman–Crippen MR) is 60.4 cm³/mol. The zero-order valence-corrected chi connectivity index (χ0v) is 11.3. The molecule has 0 heterocycles. The minimum absolute atomic E-state index is 0.136. The van der Waals surface area contributed by atoms with Crippen molar-refractivity contribution in [1.82, 2.24) is 0 Å². The van der Waals surface area contributed by atoms with E-state index in [0.29, 0.717) is 30.6 Å². The van der Waals surface area contributed by atoms with Crippen LogP contribution in [0.2, 0.25) is 0 Å². The zero-order valence-electron chi connectivity index (χ0n) is 11.3. The first-order valence-electron chi connectivity index (χ1n) is 7.19. The maximum Gasteiger partial charge on any atom is 0.431 e. The van der Waals surface area contributed by atoms with Crippen LogP contribution in [0.5, 0.6) is 0 Å². The van der Waals surface area contributed by atoms with Crippen LogP contribution in [0.4, 0.5) is 22.0 Å². The molecule has 0 bridgehead atoms. The minimum Gasteiger partial charge on any atom is -0.446 e. The molecule has 3 atom stereocenters. The van der Waals surface area contributed by atoms with E-state index in [0.717, 1.165) is 12.8 Å². The summed E-state index contributed by atoms with van der Waals surface area (Å²) in [5, 5.41) is 0. The SMILES string of the molecule is CC(F)(F)C(OC(=O)C12CC3CC4CC(C1)C432)C(F)(F)F. The van der Waals surface area contributed by atoms with E-state index in [2.05, 4.69) is 4.74 Å². The van der Waals surface area contributed by atoms with Crippen LogP contribution in [0, 0.1) is 28.6 Å². The lowest BCUT2D eigenvalue weighted by Crippen LogP contribution is -2.87. The quantitative estimate of drug-likeness (QED) is 0.588. The van der Waals surface area contributed by atoms with Gasteiger partial charge in [0.2, 0.25) is 0 Å². The van der Waals surface area contributed by atoms with Gasteiger partial charge in [0.05, 0.1) is 5.41 Å². The Kier molecular flexibility index (Phi) is 2.21. The molecule has 4 rings (SSSR count). The number of hydrogen-bond donors (Lipinski definition) is 0. The van der Waals surface area contributed by atoms with Gasteiger partial charge in [-0.3, -0.25) is 4.79 Å². The van der Waals surface area contributed by atoms with Crippen molar-refractivity contribution in [3.8, 4) is 0 Å². The summed E-state index contributed by atoms with van der Waals surface area (Å²) in [5.74, 6) is -3.99. The predicted octanol–water partition coefficient (Wildman–Crippen LogP) is 3.55. The van der Waals surface area contributed by atoms with E-state index in [1.54, 1.807) is 0 Å². The Hall–Kier alpha value is -0.880. The summed E-state index contributed by atoms with van der Waals surface area (Å²) in [4.78, 5) is 12.2. The molecule has 7 heteroatoms. The van der Waals surface area contributed by atoms with Crippen LogP contribution >= 0.6 is 0 Å². The highest BCUT2D eigenvalue weighted by atomic mass is 19.4. The first kappa shape index (κ1) is 13.8. The van der Waals surface area contributed by atoms with E-state index in [1.807, 2.05) is 0 Å². The highest BCUT2D eigenvalue weighted by molar-refractivity contribution is 5.83. The molecule has 0 amide bonds. The van der Waals surface area contributed by atoms with Gasteiger partial charge in [0.1, 0.15) is 0 Å². The highest BCUT2D eigenvalue weighted by Crippen LogP contribution is 2.93. The fourth-order valence-corrected chi connectivity index (χ4v) is 5.96. The molecular weight excluding hydrogens is 295 g/mol. The van der Waals surface area contributed by atoms with Crippen LogP contribution in [0.1, 0.15) is 32.6 Å². The third kappa shape index (κ3) is 1.28. The second kappa shape index (κ2) is 3.38. The molecule has 2 nitrogen and oxygen atoms in total. The maximum atomic E-state index is 13.1. The standard InChI is InChI=1S/C14H15F5O2/c1-11(15,16)9(14(17,18)19)21-10(20)12-4-7-2-6-3-8(5-12)13(6,7)12/h6-9H,2-5H2,1H3. The van der Waals surface area contributed by atoms with Gasteiger partial charge >= 0.3 is 12.1 Å². The van der Waals surface area contributed by atoms with E-state index in [1.165, 1.54) is 0 Å². The Labute approximate surface area is 118 Å². The van der Waals surface area contributed by atoms with Crippen LogP contribution in [0.3, 0.4) is 0 Å². The molecule has 4 saturated carbocycles. The number of rotatable bonds is 3. The van der Waals surface area contributed by atoms with Gasteiger partial charge in [-0.05, 0) is 48.9 Å². The summed E-state index contributed by atoms with van der Waals surface area (Å²) < 4.78 is 68.7. The summed E-state index contributed by atoms with van der Waals surface area (Å²) in [6.07, 6.45) is -5.53. The Balaban J connectivity index is 1.54. The van der Waals surface area contributed by atoms with E-state index in [9.17, 15) is 26.7 Å². The average molecular weight is 310 g/mol. The molecule has 3 unspecified atom stereocenters. The fraction of sp³-hybridized carbons (Fsp3) is 0.929. The number of esters is 1. The maximum absolute atomic E-state index is 13.1. The second-order valence-corrected chi connectivity index (χ2v) is 7.27. The molecule has 0 aromatic rings. The lowest BCUT2D eigenvalue weighted by molar-refractivity contribution is -0.421.